The summed E-state index contributed by atoms with van der Waals surface area (Å²) in [6.07, 6.45) is 0. The van der Waals surface area contributed by atoms with Crippen LogP contribution in [0.1, 0.15) is 18.5 Å². The molecule has 4 heteroatoms. The van der Waals surface area contributed by atoms with Crippen molar-refractivity contribution in [2.45, 2.75) is 13.0 Å². The lowest BCUT2D eigenvalue weighted by atomic mass is 10.00. The van der Waals surface area contributed by atoms with Crippen molar-refractivity contribution in [3.63, 3.8) is 0 Å². The van der Waals surface area contributed by atoms with Crippen LogP contribution < -0.4 is 10.6 Å². The summed E-state index contributed by atoms with van der Waals surface area (Å²) < 4.78 is 4.90. The average molecular weight is 286 g/mol. The van der Waals surface area contributed by atoms with Gasteiger partial charge in [0.2, 0.25) is 5.91 Å². The minimum Gasteiger partial charge on any atom is -0.383 e. The van der Waals surface area contributed by atoms with E-state index in [9.17, 15) is 4.79 Å². The molecular weight excluding hydrogens is 264 g/mol. The predicted molar refractivity (Wildman–Crippen MR) is 85.3 cm³/mol. The van der Waals surface area contributed by atoms with Gasteiger partial charge in [-0.15, -0.1) is 0 Å². The molecule has 112 valence electrons. The summed E-state index contributed by atoms with van der Waals surface area (Å²) in [5.74, 6) is -0.0147. The predicted octanol–water partition coefficient (Wildman–Crippen LogP) is 2.25. The van der Waals surface area contributed by atoms with E-state index in [2.05, 4.69) is 47.9 Å². The fraction of sp³-hybridized carbons (Fsp3) is 0.353. The Hall–Kier alpha value is -1.91. The second kappa shape index (κ2) is 7.76. The molecule has 2 N–H and O–H groups in total. The summed E-state index contributed by atoms with van der Waals surface area (Å²) in [6, 6.07) is 14.7. The van der Waals surface area contributed by atoms with Crippen LogP contribution in [0.5, 0.6) is 0 Å². The number of ether oxygens (including phenoxy) is 1. The molecule has 1 amide bonds. The molecule has 0 fully saturated rings. The van der Waals surface area contributed by atoms with Gasteiger partial charge in [0.15, 0.2) is 0 Å². The Morgan fingerprint density at radius 2 is 1.95 bits per heavy atom. The Balaban J connectivity index is 1.96. The largest absolute Gasteiger partial charge is 0.383 e. The molecule has 4 nitrogen and oxygen atoms in total. The van der Waals surface area contributed by atoms with Gasteiger partial charge in [-0.25, -0.2) is 0 Å². The number of methoxy groups -OCH3 is 1. The SMILES string of the molecule is COCCNC(=O)CNC(C)c1cccc2ccccc12. The third-order valence-corrected chi connectivity index (χ3v) is 3.49. The molecule has 0 saturated heterocycles. The van der Waals surface area contributed by atoms with Gasteiger partial charge in [0.1, 0.15) is 0 Å². The van der Waals surface area contributed by atoms with Crippen molar-refractivity contribution < 1.29 is 9.53 Å². The van der Waals surface area contributed by atoms with E-state index in [-0.39, 0.29) is 11.9 Å². The number of amides is 1. The molecule has 0 spiro atoms. The summed E-state index contributed by atoms with van der Waals surface area (Å²) in [5, 5.41) is 8.50. The summed E-state index contributed by atoms with van der Waals surface area (Å²) in [5.41, 5.74) is 1.21. The second-order valence-electron chi connectivity index (χ2n) is 5.01. The molecule has 0 aliphatic heterocycles. The molecule has 2 aromatic carbocycles. The van der Waals surface area contributed by atoms with Crippen molar-refractivity contribution in [2.24, 2.45) is 0 Å². The number of benzene rings is 2. The highest BCUT2D eigenvalue weighted by atomic mass is 16.5. The van der Waals surface area contributed by atoms with E-state index < -0.39 is 0 Å². The lowest BCUT2D eigenvalue weighted by Gasteiger charge is -2.16. The minimum absolute atomic E-state index is 0.0147. The Kier molecular flexibility index (Phi) is 5.72. The second-order valence-corrected chi connectivity index (χ2v) is 5.01. The van der Waals surface area contributed by atoms with E-state index in [0.29, 0.717) is 19.7 Å². The van der Waals surface area contributed by atoms with E-state index in [1.165, 1.54) is 16.3 Å². The maximum Gasteiger partial charge on any atom is 0.234 e. The lowest BCUT2D eigenvalue weighted by Crippen LogP contribution is -2.36. The summed E-state index contributed by atoms with van der Waals surface area (Å²) in [7, 11) is 1.62. The number of nitrogens with one attached hydrogen (secondary N) is 2. The van der Waals surface area contributed by atoms with Gasteiger partial charge >= 0.3 is 0 Å². The fourth-order valence-electron chi connectivity index (χ4n) is 2.34. The Morgan fingerprint density at radius 1 is 1.19 bits per heavy atom. The third-order valence-electron chi connectivity index (χ3n) is 3.49. The first-order valence-corrected chi connectivity index (χ1v) is 7.19. The fourth-order valence-corrected chi connectivity index (χ4v) is 2.34. The molecule has 0 saturated carbocycles. The smallest absolute Gasteiger partial charge is 0.234 e. The Bertz CT molecular complexity index is 593. The number of carbonyl (C=O) groups is 1. The zero-order valence-electron chi connectivity index (χ0n) is 12.6. The first-order chi connectivity index (χ1) is 10.2. The van der Waals surface area contributed by atoms with Crippen LogP contribution in [0.4, 0.5) is 0 Å². The first-order valence-electron chi connectivity index (χ1n) is 7.19. The Labute approximate surface area is 125 Å². The van der Waals surface area contributed by atoms with Gasteiger partial charge in [0, 0.05) is 19.7 Å². The molecule has 0 radical (unpaired) electrons. The monoisotopic (exact) mass is 286 g/mol. The molecule has 0 aliphatic carbocycles. The van der Waals surface area contributed by atoms with Gasteiger partial charge in [0.25, 0.3) is 0 Å². The number of carbonyl (C=O) groups excluding carboxylic acids is 1. The van der Waals surface area contributed by atoms with Crippen molar-refractivity contribution in [2.75, 3.05) is 26.8 Å². The number of rotatable bonds is 7. The molecule has 1 unspecified atom stereocenters. The standard InChI is InChI=1S/C17H22N2O2/c1-13(19-12-17(20)18-10-11-21-2)15-9-5-7-14-6-3-4-8-16(14)15/h3-9,13,19H,10-12H2,1-2H3,(H,18,20). The van der Waals surface area contributed by atoms with Crippen molar-refractivity contribution in [1.82, 2.24) is 10.6 Å². The molecule has 2 aromatic rings. The maximum absolute atomic E-state index is 11.7. The first kappa shape index (κ1) is 15.5. The van der Waals surface area contributed by atoms with Crippen LogP contribution in [-0.2, 0) is 9.53 Å². The highest BCUT2D eigenvalue weighted by Crippen LogP contribution is 2.23. The van der Waals surface area contributed by atoms with E-state index in [1.54, 1.807) is 7.11 Å². The number of hydrogen-bond acceptors (Lipinski definition) is 3. The summed E-state index contributed by atoms with van der Waals surface area (Å²) >= 11 is 0. The van der Waals surface area contributed by atoms with Crippen LogP contribution in [0.15, 0.2) is 42.5 Å². The highest BCUT2D eigenvalue weighted by Gasteiger charge is 2.10. The van der Waals surface area contributed by atoms with E-state index in [0.717, 1.165) is 0 Å². The number of fused-ring (bicyclic) bond motifs is 1. The van der Waals surface area contributed by atoms with Gasteiger partial charge < -0.3 is 15.4 Å². The van der Waals surface area contributed by atoms with Crippen LogP contribution in [0.2, 0.25) is 0 Å². The van der Waals surface area contributed by atoms with E-state index in [1.807, 2.05) is 12.1 Å². The van der Waals surface area contributed by atoms with E-state index >= 15 is 0 Å². The average Bonchev–Trinajstić information content (AvgIpc) is 2.52. The topological polar surface area (TPSA) is 50.4 Å². The zero-order chi connectivity index (χ0) is 15.1. The quantitative estimate of drug-likeness (QED) is 0.768. The summed E-state index contributed by atoms with van der Waals surface area (Å²) in [4.78, 5) is 11.7. The maximum atomic E-state index is 11.7. The van der Waals surface area contributed by atoms with Crippen molar-refractivity contribution in [3.05, 3.63) is 48.0 Å². The van der Waals surface area contributed by atoms with Crippen molar-refractivity contribution in [3.8, 4) is 0 Å². The van der Waals surface area contributed by atoms with Crippen LogP contribution >= 0.6 is 0 Å². The molecule has 21 heavy (non-hydrogen) atoms. The van der Waals surface area contributed by atoms with Gasteiger partial charge in [-0.1, -0.05) is 42.5 Å². The molecular formula is C17H22N2O2. The molecule has 0 aromatic heterocycles. The van der Waals surface area contributed by atoms with Crippen molar-refractivity contribution in [1.29, 1.82) is 0 Å². The van der Waals surface area contributed by atoms with Gasteiger partial charge in [-0.3, -0.25) is 4.79 Å². The normalized spacial score (nSPS) is 12.3. The molecule has 1 atom stereocenters. The van der Waals surface area contributed by atoms with Crippen LogP contribution in [0.3, 0.4) is 0 Å². The van der Waals surface area contributed by atoms with Crippen molar-refractivity contribution >= 4 is 16.7 Å². The van der Waals surface area contributed by atoms with Gasteiger partial charge in [0.05, 0.1) is 13.2 Å². The molecule has 0 bridgehead atoms. The van der Waals surface area contributed by atoms with Gasteiger partial charge in [-0.05, 0) is 23.3 Å². The lowest BCUT2D eigenvalue weighted by molar-refractivity contribution is -0.120. The molecule has 0 heterocycles. The third kappa shape index (κ3) is 4.28. The Morgan fingerprint density at radius 3 is 2.76 bits per heavy atom. The van der Waals surface area contributed by atoms with Crippen LogP contribution in [0, 0.1) is 0 Å². The minimum atomic E-state index is -0.0147. The number of hydrogen-bond donors (Lipinski definition) is 2. The summed E-state index contributed by atoms with van der Waals surface area (Å²) in [6.45, 7) is 3.45. The van der Waals surface area contributed by atoms with Crippen LogP contribution in [-0.4, -0.2) is 32.7 Å². The molecule has 2 rings (SSSR count). The zero-order valence-corrected chi connectivity index (χ0v) is 12.6. The van der Waals surface area contributed by atoms with Gasteiger partial charge in [-0.2, -0.15) is 0 Å². The highest BCUT2D eigenvalue weighted by molar-refractivity contribution is 5.86. The molecule has 0 aliphatic rings. The van der Waals surface area contributed by atoms with E-state index in [4.69, 9.17) is 4.74 Å². The van der Waals surface area contributed by atoms with Crippen LogP contribution in [0.25, 0.3) is 10.8 Å².